The van der Waals surface area contributed by atoms with Crippen LogP contribution in [0.2, 0.25) is 0 Å². The van der Waals surface area contributed by atoms with E-state index in [1.807, 2.05) is 25.1 Å². The molecule has 12 heavy (non-hydrogen) atoms. The molecule has 0 aliphatic rings. The van der Waals surface area contributed by atoms with Crippen LogP contribution < -0.4 is 0 Å². The molecule has 0 saturated carbocycles. The molecule has 0 N–H and O–H groups in total. The quantitative estimate of drug-likeness (QED) is 0.409. The third-order valence-electron chi connectivity index (χ3n) is 1.10. The van der Waals surface area contributed by atoms with Gasteiger partial charge in [-0.05, 0) is 6.92 Å². The summed E-state index contributed by atoms with van der Waals surface area (Å²) in [5.41, 5.74) is 1.17. The summed E-state index contributed by atoms with van der Waals surface area (Å²) in [7, 11) is 0. The van der Waals surface area contributed by atoms with Crippen LogP contribution in [0.4, 0.5) is 0 Å². The van der Waals surface area contributed by atoms with Crippen LogP contribution in [0.15, 0.2) is 28.0 Å². The van der Waals surface area contributed by atoms with Crippen molar-refractivity contribution >= 4 is 25.3 Å². The third kappa shape index (κ3) is 5.05. The van der Waals surface area contributed by atoms with Gasteiger partial charge in [-0.3, -0.25) is 0 Å². The van der Waals surface area contributed by atoms with Gasteiger partial charge in [-0.2, -0.15) is 9.79 Å². The van der Waals surface area contributed by atoms with Crippen molar-refractivity contribution in [3.8, 4) is 0 Å². The van der Waals surface area contributed by atoms with Crippen LogP contribution in [0.5, 0.6) is 0 Å². The average molecular weight is 291 g/mol. The van der Waals surface area contributed by atoms with Gasteiger partial charge in [0.2, 0.25) is 0 Å². The van der Waals surface area contributed by atoms with E-state index in [0.717, 1.165) is 9.79 Å². The van der Waals surface area contributed by atoms with E-state index in [1.54, 1.807) is 0 Å². The zero-order valence-electron chi connectivity index (χ0n) is 7.36. The van der Waals surface area contributed by atoms with Crippen molar-refractivity contribution in [1.29, 1.82) is 0 Å². The minimum atomic E-state index is 0. The van der Waals surface area contributed by atoms with E-state index in [9.17, 15) is 0 Å². The standard InChI is InChI=1S/C7H8S2.2CH3.Pd/c1-5-2-3-6(8)7(9)4-5;;;/h2-4,8-9H,1H3;2*1H3;/q;2*-1;/p-2. The van der Waals surface area contributed by atoms with Gasteiger partial charge in [0, 0.05) is 20.4 Å². The molecule has 1 aromatic rings. The monoisotopic (exact) mass is 290 g/mol. The van der Waals surface area contributed by atoms with Crippen LogP contribution in [0.3, 0.4) is 0 Å². The second-order valence-corrected chi connectivity index (χ2v) is 2.83. The molecule has 0 fully saturated rings. The summed E-state index contributed by atoms with van der Waals surface area (Å²) in [5, 5.41) is 0. The smallest absolute Gasteiger partial charge is 0 e. The number of benzene rings is 1. The van der Waals surface area contributed by atoms with E-state index in [0.29, 0.717) is 0 Å². The average Bonchev–Trinajstić information content (AvgIpc) is 1.80. The molecule has 3 heteroatoms. The van der Waals surface area contributed by atoms with E-state index in [-0.39, 0.29) is 35.3 Å². The Morgan fingerprint density at radius 2 is 1.50 bits per heavy atom. The Morgan fingerprint density at radius 1 is 1.00 bits per heavy atom. The van der Waals surface area contributed by atoms with E-state index in [4.69, 9.17) is 25.3 Å². The van der Waals surface area contributed by atoms with Crippen molar-refractivity contribution < 1.29 is 20.4 Å². The fraction of sp³-hybridized carbons (Fsp3) is 0.111. The Hall–Kier alpha value is 0.322. The van der Waals surface area contributed by atoms with Crippen molar-refractivity contribution in [3.05, 3.63) is 38.6 Å². The number of aryl methyl sites for hydroxylation is 1. The van der Waals surface area contributed by atoms with Crippen molar-refractivity contribution in [2.24, 2.45) is 0 Å². The van der Waals surface area contributed by atoms with Gasteiger partial charge in [0.05, 0.1) is 0 Å². The Labute approximate surface area is 101 Å². The number of hydrogen-bond acceptors (Lipinski definition) is 2. The van der Waals surface area contributed by atoms with Gasteiger partial charge >= 0.3 is 0 Å². The third-order valence-corrected chi connectivity index (χ3v) is 1.92. The maximum absolute atomic E-state index is 4.94. The summed E-state index contributed by atoms with van der Waals surface area (Å²) in [6.07, 6.45) is 0. The van der Waals surface area contributed by atoms with Gasteiger partial charge in [-0.1, -0.05) is 23.8 Å². The molecule has 0 unspecified atom stereocenters. The van der Waals surface area contributed by atoms with Crippen LogP contribution >= 0.6 is 0 Å². The Morgan fingerprint density at radius 3 is 1.83 bits per heavy atom. The van der Waals surface area contributed by atoms with Crippen LogP contribution in [0.1, 0.15) is 5.56 Å². The fourth-order valence-corrected chi connectivity index (χ4v) is 0.996. The minimum absolute atomic E-state index is 0. The van der Waals surface area contributed by atoms with Crippen molar-refractivity contribution in [3.63, 3.8) is 0 Å². The summed E-state index contributed by atoms with van der Waals surface area (Å²) >= 11 is 9.85. The second-order valence-electron chi connectivity index (χ2n) is 1.95. The summed E-state index contributed by atoms with van der Waals surface area (Å²) in [5.74, 6) is 0. The predicted molar refractivity (Wildman–Crippen MR) is 55.3 cm³/mol. The largest absolute Gasteiger partial charge is 0.781 e. The minimum Gasteiger partial charge on any atom is -0.781 e. The molecule has 0 aromatic heterocycles. The maximum atomic E-state index is 4.94. The predicted octanol–water partition coefficient (Wildman–Crippen LogP) is 2.70. The number of rotatable bonds is 0. The molecular formula is C9H12PdS2-4. The SMILES string of the molecule is Cc1ccc([S-])c([S-])c1.[CH3-].[CH3-].[Pd]. The molecule has 1 rings (SSSR count). The summed E-state index contributed by atoms with van der Waals surface area (Å²) in [4.78, 5) is 1.56. The van der Waals surface area contributed by atoms with Gasteiger partial charge in [0.25, 0.3) is 0 Å². The van der Waals surface area contributed by atoms with Gasteiger partial charge in [0.15, 0.2) is 0 Å². The van der Waals surface area contributed by atoms with Gasteiger partial charge in [-0.25, -0.2) is 0 Å². The Balaban J connectivity index is -0.000000270. The van der Waals surface area contributed by atoms with Gasteiger partial charge < -0.3 is 40.1 Å². The molecule has 0 aliphatic carbocycles. The first kappa shape index (κ1) is 18.2. The zero-order valence-corrected chi connectivity index (χ0v) is 10.6. The van der Waals surface area contributed by atoms with E-state index >= 15 is 0 Å². The molecule has 0 spiro atoms. The molecule has 0 aliphatic heterocycles. The first-order valence-corrected chi connectivity index (χ1v) is 3.46. The van der Waals surface area contributed by atoms with Crippen LogP contribution in [-0.4, -0.2) is 0 Å². The number of hydrogen-bond donors (Lipinski definition) is 0. The Kier molecular flexibility index (Phi) is 12.0. The van der Waals surface area contributed by atoms with Gasteiger partial charge in [-0.15, -0.1) is 0 Å². The van der Waals surface area contributed by atoms with Crippen molar-refractivity contribution in [1.82, 2.24) is 0 Å². The van der Waals surface area contributed by atoms with Crippen LogP contribution in [0, 0.1) is 21.8 Å². The molecule has 0 atom stereocenters. The van der Waals surface area contributed by atoms with E-state index in [1.165, 1.54) is 5.56 Å². The molecular weight excluding hydrogens is 279 g/mol. The summed E-state index contributed by atoms with van der Waals surface area (Å²) < 4.78 is 0. The molecule has 1 aromatic carbocycles. The van der Waals surface area contributed by atoms with Crippen LogP contribution in [-0.2, 0) is 45.7 Å². The molecule has 0 nitrogen and oxygen atoms in total. The molecule has 74 valence electrons. The maximum Gasteiger partial charge on any atom is 0 e. The van der Waals surface area contributed by atoms with Crippen molar-refractivity contribution in [2.45, 2.75) is 16.7 Å². The molecule has 0 amide bonds. The molecule has 0 saturated heterocycles. The molecule has 0 radical (unpaired) electrons. The first-order chi connectivity index (χ1) is 4.20. The first-order valence-electron chi connectivity index (χ1n) is 2.65. The van der Waals surface area contributed by atoms with E-state index < -0.39 is 0 Å². The van der Waals surface area contributed by atoms with Crippen LogP contribution in [0.25, 0.3) is 0 Å². The molecule has 0 bridgehead atoms. The summed E-state index contributed by atoms with van der Waals surface area (Å²) in [6, 6.07) is 5.75. The molecule has 0 heterocycles. The normalized spacial score (nSPS) is 7.08. The van der Waals surface area contributed by atoms with Crippen molar-refractivity contribution in [2.75, 3.05) is 0 Å². The van der Waals surface area contributed by atoms with E-state index in [2.05, 4.69) is 0 Å². The fourth-order valence-electron chi connectivity index (χ4n) is 0.615. The Bertz CT molecular complexity index is 224. The topological polar surface area (TPSA) is 0 Å². The van der Waals surface area contributed by atoms with Gasteiger partial charge in [0.1, 0.15) is 0 Å². The zero-order chi connectivity index (χ0) is 6.85. The second kappa shape index (κ2) is 7.95. The summed E-state index contributed by atoms with van der Waals surface area (Å²) in [6.45, 7) is 2.00.